The molecule has 1 amide bonds. The van der Waals surface area contributed by atoms with Crippen LogP contribution in [0.5, 0.6) is 5.75 Å². The molecule has 0 heterocycles. The lowest BCUT2D eigenvalue weighted by Gasteiger charge is -2.11. The summed E-state index contributed by atoms with van der Waals surface area (Å²) in [5.41, 5.74) is 2.55. The Kier molecular flexibility index (Phi) is 4.35. The second-order valence-corrected chi connectivity index (χ2v) is 5.85. The lowest BCUT2D eigenvalue weighted by Crippen LogP contribution is -2.13. The van der Waals surface area contributed by atoms with Gasteiger partial charge in [0.2, 0.25) is 0 Å². The number of benzene rings is 2. The van der Waals surface area contributed by atoms with E-state index in [1.807, 2.05) is 6.92 Å². The van der Waals surface area contributed by atoms with Gasteiger partial charge in [0.05, 0.1) is 10.6 Å². The number of hydrogen-bond donors (Lipinski definition) is 2. The number of phenolic OH excluding ortho intramolecular Hbond substituents is 1. The molecule has 0 aliphatic rings. The number of hydrogen-bond acceptors (Lipinski definition) is 2. The van der Waals surface area contributed by atoms with Crippen LogP contribution in [0.3, 0.4) is 0 Å². The van der Waals surface area contributed by atoms with Crippen LogP contribution in [-0.2, 0) is 0 Å². The Bertz CT molecular complexity index is 686. The van der Waals surface area contributed by atoms with Gasteiger partial charge in [-0.3, -0.25) is 4.79 Å². The summed E-state index contributed by atoms with van der Waals surface area (Å²) in [4.78, 5) is 12.2. The Hall–Kier alpha value is -1.52. The number of carbonyl (C=O) groups excluding carboxylic acids is 1. The first kappa shape index (κ1) is 14.9. The molecule has 0 fully saturated rings. The summed E-state index contributed by atoms with van der Waals surface area (Å²) < 4.78 is 0.815. The molecule has 0 spiro atoms. The van der Waals surface area contributed by atoms with Gasteiger partial charge in [-0.2, -0.15) is 0 Å². The summed E-state index contributed by atoms with van der Waals surface area (Å²) in [6.07, 6.45) is 0. The van der Waals surface area contributed by atoms with Crippen LogP contribution in [0.1, 0.15) is 21.5 Å². The number of amides is 1. The second-order valence-electron chi connectivity index (χ2n) is 4.53. The molecule has 0 aliphatic carbocycles. The van der Waals surface area contributed by atoms with Crippen molar-refractivity contribution in [2.75, 3.05) is 5.32 Å². The first-order valence-corrected chi connectivity index (χ1v) is 7.12. The van der Waals surface area contributed by atoms with E-state index in [1.54, 1.807) is 37.3 Å². The molecule has 2 rings (SSSR count). The van der Waals surface area contributed by atoms with E-state index in [2.05, 4.69) is 21.2 Å². The monoisotopic (exact) mass is 353 g/mol. The average molecular weight is 355 g/mol. The number of nitrogens with one attached hydrogen (secondary N) is 1. The van der Waals surface area contributed by atoms with Crippen LogP contribution >= 0.6 is 27.5 Å². The quantitative estimate of drug-likeness (QED) is 0.770. The smallest absolute Gasteiger partial charge is 0.257 e. The molecule has 0 aliphatic heterocycles. The Morgan fingerprint density at radius 3 is 2.55 bits per heavy atom. The summed E-state index contributed by atoms with van der Waals surface area (Å²) in [5.74, 6) is -0.0714. The predicted octanol–water partition coefficient (Wildman–Crippen LogP) is 4.68. The molecule has 2 aromatic carbocycles. The van der Waals surface area contributed by atoms with E-state index in [9.17, 15) is 9.90 Å². The topological polar surface area (TPSA) is 49.3 Å². The number of rotatable bonds is 2. The maximum atomic E-state index is 12.2. The van der Waals surface area contributed by atoms with E-state index in [4.69, 9.17) is 11.6 Å². The molecule has 0 saturated heterocycles. The van der Waals surface area contributed by atoms with Crippen LogP contribution in [0.25, 0.3) is 0 Å². The first-order valence-electron chi connectivity index (χ1n) is 5.95. The molecular weight excluding hydrogens is 342 g/mol. The zero-order valence-electron chi connectivity index (χ0n) is 11.0. The summed E-state index contributed by atoms with van der Waals surface area (Å²) in [7, 11) is 0. The molecule has 5 heteroatoms. The molecule has 3 nitrogen and oxygen atoms in total. The largest absolute Gasteiger partial charge is 0.508 e. The standard InChI is InChI=1S/C15H13BrClNO2/c1-8-6-14(19)9(2)5-13(8)18-15(20)11-4-3-10(16)7-12(11)17/h3-7,19H,1-2H3,(H,18,20). The maximum Gasteiger partial charge on any atom is 0.257 e. The molecule has 0 saturated carbocycles. The van der Waals surface area contributed by atoms with Gasteiger partial charge in [0.1, 0.15) is 5.75 Å². The van der Waals surface area contributed by atoms with Crippen LogP contribution in [0.15, 0.2) is 34.8 Å². The molecule has 2 N–H and O–H groups in total. The number of carbonyl (C=O) groups is 1. The fourth-order valence-corrected chi connectivity index (χ4v) is 2.56. The van der Waals surface area contributed by atoms with Crippen molar-refractivity contribution in [3.8, 4) is 5.75 Å². The molecule has 104 valence electrons. The van der Waals surface area contributed by atoms with E-state index < -0.39 is 0 Å². The summed E-state index contributed by atoms with van der Waals surface area (Å²) in [5, 5.41) is 12.8. The van der Waals surface area contributed by atoms with Gasteiger partial charge in [0, 0.05) is 10.2 Å². The fourth-order valence-electron chi connectivity index (χ4n) is 1.80. The minimum absolute atomic E-state index is 0.210. The van der Waals surface area contributed by atoms with Crippen LogP contribution in [0.4, 0.5) is 5.69 Å². The van der Waals surface area contributed by atoms with Crippen molar-refractivity contribution in [2.24, 2.45) is 0 Å². The van der Waals surface area contributed by atoms with Gasteiger partial charge in [-0.05, 0) is 55.3 Å². The Morgan fingerprint density at radius 2 is 1.90 bits per heavy atom. The number of aromatic hydroxyl groups is 1. The zero-order valence-corrected chi connectivity index (χ0v) is 13.3. The summed E-state index contributed by atoms with van der Waals surface area (Å²) in [6.45, 7) is 3.59. The SMILES string of the molecule is Cc1cc(NC(=O)c2ccc(Br)cc2Cl)c(C)cc1O. The fraction of sp³-hybridized carbons (Fsp3) is 0.133. The first-order chi connectivity index (χ1) is 9.38. The molecule has 0 unspecified atom stereocenters. The van der Waals surface area contributed by atoms with Gasteiger partial charge in [-0.1, -0.05) is 27.5 Å². The minimum atomic E-state index is -0.282. The zero-order chi connectivity index (χ0) is 14.9. The average Bonchev–Trinajstić information content (AvgIpc) is 2.35. The predicted molar refractivity (Wildman–Crippen MR) is 84.7 cm³/mol. The third kappa shape index (κ3) is 3.14. The minimum Gasteiger partial charge on any atom is -0.508 e. The van der Waals surface area contributed by atoms with Crippen molar-refractivity contribution < 1.29 is 9.90 Å². The van der Waals surface area contributed by atoms with Crippen molar-refractivity contribution in [1.29, 1.82) is 0 Å². The van der Waals surface area contributed by atoms with Crippen LogP contribution in [-0.4, -0.2) is 11.0 Å². The van der Waals surface area contributed by atoms with Gasteiger partial charge in [0.15, 0.2) is 0 Å². The lowest BCUT2D eigenvalue weighted by atomic mass is 10.1. The number of halogens is 2. The normalized spacial score (nSPS) is 10.4. The van der Waals surface area contributed by atoms with E-state index in [-0.39, 0.29) is 11.7 Å². The van der Waals surface area contributed by atoms with Crippen molar-refractivity contribution in [3.63, 3.8) is 0 Å². The Morgan fingerprint density at radius 1 is 1.20 bits per heavy atom. The molecular formula is C15H13BrClNO2. The lowest BCUT2D eigenvalue weighted by molar-refractivity contribution is 0.102. The number of anilines is 1. The second kappa shape index (κ2) is 5.85. The highest BCUT2D eigenvalue weighted by Gasteiger charge is 2.13. The molecule has 0 radical (unpaired) electrons. The molecule has 20 heavy (non-hydrogen) atoms. The molecule has 0 bridgehead atoms. The van der Waals surface area contributed by atoms with Gasteiger partial charge in [-0.25, -0.2) is 0 Å². The summed E-state index contributed by atoms with van der Waals surface area (Å²) in [6, 6.07) is 8.44. The third-order valence-corrected chi connectivity index (χ3v) is 3.77. The highest BCUT2D eigenvalue weighted by atomic mass is 79.9. The van der Waals surface area contributed by atoms with E-state index in [0.29, 0.717) is 21.8 Å². The third-order valence-electron chi connectivity index (χ3n) is 2.97. The number of aryl methyl sites for hydroxylation is 2. The van der Waals surface area contributed by atoms with Gasteiger partial charge in [-0.15, -0.1) is 0 Å². The Labute approximate surface area is 130 Å². The van der Waals surface area contributed by atoms with Crippen molar-refractivity contribution in [2.45, 2.75) is 13.8 Å². The van der Waals surface area contributed by atoms with Gasteiger partial charge >= 0.3 is 0 Å². The maximum absolute atomic E-state index is 12.2. The molecule has 2 aromatic rings. The van der Waals surface area contributed by atoms with Crippen LogP contribution < -0.4 is 5.32 Å². The highest BCUT2D eigenvalue weighted by molar-refractivity contribution is 9.10. The van der Waals surface area contributed by atoms with Crippen LogP contribution in [0, 0.1) is 13.8 Å². The van der Waals surface area contributed by atoms with Crippen molar-refractivity contribution in [3.05, 3.63) is 56.5 Å². The van der Waals surface area contributed by atoms with Gasteiger partial charge in [0.25, 0.3) is 5.91 Å². The van der Waals surface area contributed by atoms with Crippen molar-refractivity contribution in [1.82, 2.24) is 0 Å². The van der Waals surface area contributed by atoms with Crippen LogP contribution in [0.2, 0.25) is 5.02 Å². The van der Waals surface area contributed by atoms with Crippen molar-refractivity contribution >= 4 is 39.1 Å². The van der Waals surface area contributed by atoms with Gasteiger partial charge < -0.3 is 10.4 Å². The van der Waals surface area contributed by atoms with E-state index in [1.165, 1.54) is 0 Å². The highest BCUT2D eigenvalue weighted by Crippen LogP contribution is 2.27. The van der Waals surface area contributed by atoms with E-state index >= 15 is 0 Å². The Balaban J connectivity index is 2.30. The molecule has 0 atom stereocenters. The molecule has 0 aromatic heterocycles. The van der Waals surface area contributed by atoms with E-state index in [0.717, 1.165) is 10.0 Å². The number of phenols is 1. The summed E-state index contributed by atoms with van der Waals surface area (Å²) >= 11 is 9.35.